The molecule has 0 spiro atoms. The van der Waals surface area contributed by atoms with E-state index in [0.29, 0.717) is 0 Å². The van der Waals surface area contributed by atoms with Crippen LogP contribution in [-0.2, 0) is 14.3 Å². The molecule has 0 saturated heterocycles. The second-order valence-electron chi connectivity index (χ2n) is 3.44. The molecule has 1 aromatic carbocycles. The molecule has 6 nitrogen and oxygen atoms in total. The van der Waals surface area contributed by atoms with Crippen molar-refractivity contribution >= 4 is 17.7 Å². The highest BCUT2D eigenvalue weighted by Crippen LogP contribution is 2.19. The van der Waals surface area contributed by atoms with E-state index in [1.165, 1.54) is 25.3 Å². The lowest BCUT2D eigenvalue weighted by Crippen LogP contribution is -2.05. The van der Waals surface area contributed by atoms with Crippen molar-refractivity contribution in [3.63, 3.8) is 0 Å². The third-order valence-corrected chi connectivity index (χ3v) is 2.26. The van der Waals surface area contributed by atoms with Gasteiger partial charge in [-0.3, -0.25) is 4.79 Å². The third-order valence-electron chi connectivity index (χ3n) is 2.26. The van der Waals surface area contributed by atoms with Crippen LogP contribution < -0.4 is 0 Å². The number of phenolic OH excluding ortho intramolecular Hbond substituents is 1. The van der Waals surface area contributed by atoms with Crippen LogP contribution >= 0.6 is 0 Å². The number of benzene rings is 1. The van der Waals surface area contributed by atoms with Crippen molar-refractivity contribution in [3.8, 4) is 5.75 Å². The summed E-state index contributed by atoms with van der Waals surface area (Å²) in [5.41, 5.74) is 0.0122. The molecule has 0 aliphatic rings. The maximum Gasteiger partial charge on any atom is 0.341 e. The SMILES string of the molecule is COC(=O)C=CC(=O)c1ccc(O)c(C(=O)OC)c1. The molecule has 6 heteroatoms. The van der Waals surface area contributed by atoms with Gasteiger partial charge in [0.2, 0.25) is 0 Å². The number of carbonyl (C=O) groups is 3. The standard InChI is InChI=1S/C13H12O6/c1-18-12(16)6-5-10(14)8-3-4-11(15)9(7-8)13(17)19-2/h3-7,15H,1-2H3. The van der Waals surface area contributed by atoms with Crippen LogP contribution in [0.2, 0.25) is 0 Å². The highest BCUT2D eigenvalue weighted by molar-refractivity contribution is 6.08. The molecule has 0 saturated carbocycles. The molecule has 100 valence electrons. The average molecular weight is 264 g/mol. The number of carbonyl (C=O) groups excluding carboxylic acids is 3. The van der Waals surface area contributed by atoms with Gasteiger partial charge in [0.25, 0.3) is 0 Å². The van der Waals surface area contributed by atoms with Gasteiger partial charge < -0.3 is 14.6 Å². The summed E-state index contributed by atoms with van der Waals surface area (Å²) in [5.74, 6) is -2.22. The van der Waals surface area contributed by atoms with Crippen LogP contribution in [0.25, 0.3) is 0 Å². The second kappa shape index (κ2) is 6.34. The van der Waals surface area contributed by atoms with E-state index < -0.39 is 17.7 Å². The van der Waals surface area contributed by atoms with Crippen LogP contribution in [0.1, 0.15) is 20.7 Å². The fraction of sp³-hybridized carbons (Fsp3) is 0.154. The Bertz CT molecular complexity index is 544. The summed E-state index contributed by atoms with van der Waals surface area (Å²) in [6, 6.07) is 3.71. The van der Waals surface area contributed by atoms with Gasteiger partial charge in [-0.2, -0.15) is 0 Å². The molecule has 0 unspecified atom stereocenters. The Morgan fingerprint density at radius 1 is 1.11 bits per heavy atom. The summed E-state index contributed by atoms with van der Waals surface area (Å²) in [5, 5.41) is 9.47. The minimum atomic E-state index is -0.760. The monoisotopic (exact) mass is 264 g/mol. The number of rotatable bonds is 4. The van der Waals surface area contributed by atoms with E-state index in [9.17, 15) is 19.5 Å². The first kappa shape index (κ1) is 14.4. The Balaban J connectivity index is 3.02. The number of ether oxygens (including phenoxy) is 2. The van der Waals surface area contributed by atoms with Gasteiger partial charge in [-0.05, 0) is 24.3 Å². The molecule has 19 heavy (non-hydrogen) atoms. The minimum Gasteiger partial charge on any atom is -0.507 e. The zero-order valence-corrected chi connectivity index (χ0v) is 10.4. The number of allylic oxidation sites excluding steroid dienone is 1. The van der Waals surface area contributed by atoms with Gasteiger partial charge >= 0.3 is 11.9 Å². The van der Waals surface area contributed by atoms with Gasteiger partial charge in [-0.1, -0.05) is 0 Å². The zero-order chi connectivity index (χ0) is 14.4. The normalized spacial score (nSPS) is 10.2. The van der Waals surface area contributed by atoms with E-state index in [4.69, 9.17) is 0 Å². The number of hydrogen-bond donors (Lipinski definition) is 1. The van der Waals surface area contributed by atoms with Crippen molar-refractivity contribution in [2.45, 2.75) is 0 Å². The first-order valence-corrected chi connectivity index (χ1v) is 5.21. The van der Waals surface area contributed by atoms with Crippen molar-refractivity contribution in [3.05, 3.63) is 41.5 Å². The highest BCUT2D eigenvalue weighted by atomic mass is 16.5. The second-order valence-corrected chi connectivity index (χ2v) is 3.44. The van der Waals surface area contributed by atoms with Crippen molar-refractivity contribution in [2.24, 2.45) is 0 Å². The van der Waals surface area contributed by atoms with Gasteiger partial charge in [0.15, 0.2) is 5.78 Å². The summed E-state index contributed by atoms with van der Waals surface area (Å²) in [7, 11) is 2.35. The summed E-state index contributed by atoms with van der Waals surface area (Å²) >= 11 is 0. The van der Waals surface area contributed by atoms with Gasteiger partial charge in [0.05, 0.1) is 14.2 Å². The lowest BCUT2D eigenvalue weighted by atomic mass is 10.1. The van der Waals surface area contributed by atoms with E-state index in [-0.39, 0.29) is 16.9 Å². The minimum absolute atomic E-state index is 0.125. The van der Waals surface area contributed by atoms with E-state index >= 15 is 0 Å². The van der Waals surface area contributed by atoms with Crippen LogP contribution in [0, 0.1) is 0 Å². The predicted octanol–water partition coefficient (Wildman–Crippen LogP) is 1.09. The summed E-state index contributed by atoms with van der Waals surface area (Å²) in [4.78, 5) is 33.9. The molecule has 0 bridgehead atoms. The molecule has 0 aromatic heterocycles. The molecule has 1 rings (SSSR count). The van der Waals surface area contributed by atoms with Crippen molar-refractivity contribution < 1.29 is 29.0 Å². The molecule has 0 aliphatic carbocycles. The molecule has 0 atom stereocenters. The largest absolute Gasteiger partial charge is 0.507 e. The molecule has 1 aromatic rings. The number of ketones is 1. The Kier molecular flexibility index (Phi) is 4.82. The topological polar surface area (TPSA) is 89.9 Å². The van der Waals surface area contributed by atoms with E-state index in [1.807, 2.05) is 0 Å². The van der Waals surface area contributed by atoms with Crippen LogP contribution in [0.4, 0.5) is 0 Å². The number of methoxy groups -OCH3 is 2. The van der Waals surface area contributed by atoms with Crippen molar-refractivity contribution in [2.75, 3.05) is 14.2 Å². The van der Waals surface area contributed by atoms with Gasteiger partial charge in [-0.25, -0.2) is 9.59 Å². The Labute approximate surface area is 109 Å². The number of aromatic hydroxyl groups is 1. The molecular formula is C13H12O6. The van der Waals surface area contributed by atoms with Crippen LogP contribution in [0.15, 0.2) is 30.4 Å². The fourth-order valence-corrected chi connectivity index (χ4v) is 1.27. The fourth-order valence-electron chi connectivity index (χ4n) is 1.27. The van der Waals surface area contributed by atoms with Crippen LogP contribution in [-0.4, -0.2) is 37.0 Å². The van der Waals surface area contributed by atoms with Gasteiger partial charge in [-0.15, -0.1) is 0 Å². The highest BCUT2D eigenvalue weighted by Gasteiger charge is 2.14. The smallest absolute Gasteiger partial charge is 0.341 e. The van der Waals surface area contributed by atoms with E-state index in [0.717, 1.165) is 19.3 Å². The molecular weight excluding hydrogens is 252 g/mol. The molecule has 0 heterocycles. The third kappa shape index (κ3) is 3.67. The lowest BCUT2D eigenvalue weighted by molar-refractivity contribution is -0.134. The van der Waals surface area contributed by atoms with Gasteiger partial charge in [0, 0.05) is 11.6 Å². The van der Waals surface area contributed by atoms with Crippen LogP contribution in [0.5, 0.6) is 5.75 Å². The van der Waals surface area contributed by atoms with Gasteiger partial charge in [0.1, 0.15) is 11.3 Å². The van der Waals surface area contributed by atoms with Crippen molar-refractivity contribution in [1.82, 2.24) is 0 Å². The molecule has 0 amide bonds. The number of hydrogen-bond acceptors (Lipinski definition) is 6. The van der Waals surface area contributed by atoms with E-state index in [1.54, 1.807) is 0 Å². The molecule has 0 aliphatic heterocycles. The maximum atomic E-state index is 11.7. The van der Waals surface area contributed by atoms with Crippen LogP contribution in [0.3, 0.4) is 0 Å². The molecule has 1 N–H and O–H groups in total. The average Bonchev–Trinajstić information content (AvgIpc) is 2.43. The van der Waals surface area contributed by atoms with Crippen molar-refractivity contribution in [1.29, 1.82) is 0 Å². The Morgan fingerprint density at radius 3 is 2.37 bits per heavy atom. The lowest BCUT2D eigenvalue weighted by Gasteiger charge is -2.04. The number of esters is 2. The summed E-state index contributed by atoms with van der Waals surface area (Å²) < 4.78 is 8.81. The predicted molar refractivity (Wildman–Crippen MR) is 64.9 cm³/mol. The Morgan fingerprint density at radius 2 is 1.79 bits per heavy atom. The zero-order valence-electron chi connectivity index (χ0n) is 10.4. The quantitative estimate of drug-likeness (QED) is 0.497. The summed E-state index contributed by atoms with van der Waals surface area (Å²) in [6.07, 6.45) is 1.98. The number of phenols is 1. The molecule has 0 radical (unpaired) electrons. The summed E-state index contributed by atoms with van der Waals surface area (Å²) in [6.45, 7) is 0. The molecule has 0 fully saturated rings. The maximum absolute atomic E-state index is 11.7. The van der Waals surface area contributed by atoms with E-state index in [2.05, 4.69) is 9.47 Å². The first-order valence-electron chi connectivity index (χ1n) is 5.21. The first-order chi connectivity index (χ1) is 8.99. The Hall–Kier alpha value is -2.63.